The minimum absolute atomic E-state index is 0.0501. The quantitative estimate of drug-likeness (QED) is 0.885. The minimum atomic E-state index is -0.642. The van der Waals surface area contributed by atoms with Crippen molar-refractivity contribution in [2.75, 3.05) is 12.4 Å². The largest absolute Gasteiger partial charge is 0.494 e. The van der Waals surface area contributed by atoms with E-state index in [0.29, 0.717) is 0 Å². The van der Waals surface area contributed by atoms with Crippen molar-refractivity contribution in [3.63, 3.8) is 0 Å². The molecule has 1 amide bonds. The molecule has 0 atom stereocenters. The highest BCUT2D eigenvalue weighted by atomic mass is 19.1. The van der Waals surface area contributed by atoms with Crippen molar-refractivity contribution in [3.8, 4) is 5.75 Å². The fourth-order valence-corrected chi connectivity index (χ4v) is 1.52. The van der Waals surface area contributed by atoms with Gasteiger partial charge in [0.25, 0.3) is 11.5 Å². The van der Waals surface area contributed by atoms with Gasteiger partial charge in [0, 0.05) is 11.8 Å². The fraction of sp³-hybridized carbons (Fsp3) is 0.0769. The minimum Gasteiger partial charge on any atom is -0.494 e. The highest BCUT2D eigenvalue weighted by molar-refractivity contribution is 6.04. The Balaban J connectivity index is 2.23. The van der Waals surface area contributed by atoms with Crippen LogP contribution >= 0.6 is 0 Å². The second-order valence-corrected chi connectivity index (χ2v) is 3.72. The summed E-state index contributed by atoms with van der Waals surface area (Å²) in [6.45, 7) is 0. The summed E-state index contributed by atoms with van der Waals surface area (Å²) >= 11 is 0. The van der Waals surface area contributed by atoms with Crippen LogP contribution in [0.5, 0.6) is 5.75 Å². The van der Waals surface area contributed by atoms with E-state index in [2.05, 4.69) is 10.3 Å². The first-order valence-electron chi connectivity index (χ1n) is 5.44. The Hall–Kier alpha value is -2.63. The van der Waals surface area contributed by atoms with Crippen LogP contribution < -0.4 is 15.6 Å². The average molecular weight is 262 g/mol. The normalized spacial score (nSPS) is 10.0. The summed E-state index contributed by atoms with van der Waals surface area (Å²) in [7, 11) is 1.33. The number of amides is 1. The van der Waals surface area contributed by atoms with Gasteiger partial charge in [-0.25, -0.2) is 4.39 Å². The van der Waals surface area contributed by atoms with Crippen LogP contribution in [0.25, 0.3) is 0 Å². The predicted molar refractivity (Wildman–Crippen MR) is 68.0 cm³/mol. The molecule has 2 rings (SSSR count). The zero-order chi connectivity index (χ0) is 13.8. The van der Waals surface area contributed by atoms with Crippen LogP contribution in [0.3, 0.4) is 0 Å². The van der Waals surface area contributed by atoms with Gasteiger partial charge in [-0.15, -0.1) is 0 Å². The van der Waals surface area contributed by atoms with Gasteiger partial charge < -0.3 is 15.0 Å². The van der Waals surface area contributed by atoms with E-state index in [9.17, 15) is 14.0 Å². The summed E-state index contributed by atoms with van der Waals surface area (Å²) < 4.78 is 18.2. The molecule has 0 aliphatic carbocycles. The second-order valence-electron chi connectivity index (χ2n) is 3.72. The maximum atomic E-state index is 13.5. The third-order valence-electron chi connectivity index (χ3n) is 2.48. The zero-order valence-corrected chi connectivity index (χ0v) is 10.1. The van der Waals surface area contributed by atoms with Crippen LogP contribution in [0, 0.1) is 5.82 Å². The van der Waals surface area contributed by atoms with Gasteiger partial charge in [0.05, 0.1) is 7.11 Å². The molecule has 2 aromatic rings. The lowest BCUT2D eigenvalue weighted by Gasteiger charge is -2.06. The zero-order valence-electron chi connectivity index (χ0n) is 10.1. The molecule has 0 bridgehead atoms. The van der Waals surface area contributed by atoms with Gasteiger partial charge in [0.1, 0.15) is 5.69 Å². The molecule has 0 aliphatic rings. The molecule has 19 heavy (non-hydrogen) atoms. The summed E-state index contributed by atoms with van der Waals surface area (Å²) in [5, 5.41) is 2.40. The fourth-order valence-electron chi connectivity index (χ4n) is 1.52. The number of hydrogen-bond donors (Lipinski definition) is 2. The van der Waals surface area contributed by atoms with Crippen molar-refractivity contribution in [2.45, 2.75) is 0 Å². The molecule has 0 unspecified atom stereocenters. The summed E-state index contributed by atoms with van der Waals surface area (Å²) in [5.41, 5.74) is -0.227. The number of rotatable bonds is 3. The molecular weight excluding hydrogens is 251 g/mol. The van der Waals surface area contributed by atoms with Crippen molar-refractivity contribution in [1.82, 2.24) is 4.98 Å². The average Bonchev–Trinajstić information content (AvgIpc) is 2.41. The number of aromatic amines is 1. The Morgan fingerprint density at radius 2 is 2.16 bits per heavy atom. The van der Waals surface area contributed by atoms with Crippen LogP contribution in [0.4, 0.5) is 10.1 Å². The molecule has 5 nitrogen and oxygen atoms in total. The summed E-state index contributed by atoms with van der Waals surface area (Å²) in [6.07, 6.45) is 1.45. The molecule has 1 heterocycles. The van der Waals surface area contributed by atoms with Gasteiger partial charge in [0.15, 0.2) is 11.6 Å². The van der Waals surface area contributed by atoms with E-state index < -0.39 is 17.3 Å². The summed E-state index contributed by atoms with van der Waals surface area (Å²) in [6, 6.07) is 6.83. The predicted octanol–water partition coefficient (Wildman–Crippen LogP) is 1.77. The number of nitrogens with one attached hydrogen (secondary N) is 2. The van der Waals surface area contributed by atoms with E-state index in [-0.39, 0.29) is 17.0 Å². The Bertz CT molecular complexity index is 667. The monoisotopic (exact) mass is 262 g/mol. The molecule has 98 valence electrons. The molecule has 1 aromatic carbocycles. The van der Waals surface area contributed by atoms with E-state index in [1.807, 2.05) is 0 Å². The van der Waals surface area contributed by atoms with Crippen molar-refractivity contribution < 1.29 is 13.9 Å². The molecule has 0 radical (unpaired) electrons. The number of methoxy groups -OCH3 is 1. The van der Waals surface area contributed by atoms with Crippen LogP contribution in [0.1, 0.15) is 10.4 Å². The van der Waals surface area contributed by atoms with Gasteiger partial charge in [0.2, 0.25) is 0 Å². The Kier molecular flexibility index (Phi) is 3.61. The lowest BCUT2D eigenvalue weighted by molar-refractivity contribution is 0.102. The van der Waals surface area contributed by atoms with Crippen molar-refractivity contribution >= 4 is 11.6 Å². The lowest BCUT2D eigenvalue weighted by Crippen LogP contribution is -2.19. The Labute approximate surface area is 108 Å². The van der Waals surface area contributed by atoms with E-state index in [1.54, 1.807) is 6.07 Å². The molecule has 6 heteroatoms. The van der Waals surface area contributed by atoms with Crippen molar-refractivity contribution in [1.29, 1.82) is 0 Å². The standard InChI is InChI=1S/C13H11FN2O3/c1-19-11-5-4-8(7-9(11)14)12(17)16-10-3-2-6-15-13(10)18/h2-7H,1H3,(H,15,18)(H,16,17). The number of hydrogen-bond acceptors (Lipinski definition) is 3. The number of benzene rings is 1. The second kappa shape index (κ2) is 5.34. The first-order valence-corrected chi connectivity index (χ1v) is 5.44. The first kappa shape index (κ1) is 12.8. The van der Waals surface area contributed by atoms with Gasteiger partial charge in [-0.05, 0) is 30.3 Å². The summed E-state index contributed by atoms with van der Waals surface area (Å²) in [5.74, 6) is -1.16. The number of ether oxygens (including phenoxy) is 1. The smallest absolute Gasteiger partial charge is 0.271 e. The topological polar surface area (TPSA) is 71.2 Å². The number of pyridine rings is 1. The van der Waals surface area contributed by atoms with Gasteiger partial charge >= 0.3 is 0 Å². The molecule has 0 spiro atoms. The van der Waals surface area contributed by atoms with Gasteiger partial charge in [-0.1, -0.05) is 0 Å². The lowest BCUT2D eigenvalue weighted by atomic mass is 10.2. The molecule has 0 saturated carbocycles. The molecule has 1 aromatic heterocycles. The number of aromatic nitrogens is 1. The van der Waals surface area contributed by atoms with E-state index in [4.69, 9.17) is 4.74 Å². The highest BCUT2D eigenvalue weighted by Gasteiger charge is 2.11. The van der Waals surface area contributed by atoms with Gasteiger partial charge in [-0.3, -0.25) is 9.59 Å². The molecule has 0 aliphatic heterocycles. The number of H-pyrrole nitrogens is 1. The molecule has 0 fully saturated rings. The number of carbonyl (C=O) groups excluding carboxylic acids is 1. The van der Waals surface area contributed by atoms with E-state index >= 15 is 0 Å². The highest BCUT2D eigenvalue weighted by Crippen LogP contribution is 2.18. The number of halogens is 1. The SMILES string of the molecule is COc1ccc(C(=O)Nc2ccc[nH]c2=O)cc1F. The molecular formula is C13H11FN2O3. The van der Waals surface area contributed by atoms with Crippen molar-refractivity contribution in [3.05, 3.63) is 58.3 Å². The molecule has 0 saturated heterocycles. The van der Waals surface area contributed by atoms with E-state index in [0.717, 1.165) is 6.07 Å². The molecule has 2 N–H and O–H groups in total. The maximum Gasteiger partial charge on any atom is 0.271 e. The van der Waals surface area contributed by atoms with Crippen LogP contribution in [0.15, 0.2) is 41.3 Å². The van der Waals surface area contributed by atoms with Crippen molar-refractivity contribution in [2.24, 2.45) is 0 Å². The third kappa shape index (κ3) is 2.79. The third-order valence-corrected chi connectivity index (χ3v) is 2.48. The number of anilines is 1. The summed E-state index contributed by atoms with van der Waals surface area (Å²) in [4.78, 5) is 25.7. The number of carbonyl (C=O) groups is 1. The Morgan fingerprint density at radius 3 is 2.79 bits per heavy atom. The Morgan fingerprint density at radius 1 is 1.37 bits per heavy atom. The maximum absolute atomic E-state index is 13.5. The van der Waals surface area contributed by atoms with Crippen LogP contribution in [0.2, 0.25) is 0 Å². The van der Waals surface area contributed by atoms with E-state index in [1.165, 1.54) is 31.5 Å². The van der Waals surface area contributed by atoms with Crippen LogP contribution in [-0.2, 0) is 0 Å². The first-order chi connectivity index (χ1) is 9.11. The van der Waals surface area contributed by atoms with Gasteiger partial charge in [-0.2, -0.15) is 0 Å². The van der Waals surface area contributed by atoms with Crippen LogP contribution in [-0.4, -0.2) is 18.0 Å².